The van der Waals surface area contributed by atoms with Crippen LogP contribution in [0.2, 0.25) is 0 Å². The maximum Gasteiger partial charge on any atom is 0.416 e. The summed E-state index contributed by atoms with van der Waals surface area (Å²) in [5.41, 5.74) is 0.738. The van der Waals surface area contributed by atoms with E-state index in [0.717, 1.165) is 18.2 Å². The van der Waals surface area contributed by atoms with Gasteiger partial charge in [0, 0.05) is 17.6 Å². The van der Waals surface area contributed by atoms with Gasteiger partial charge in [-0.15, -0.1) is 12.4 Å². The molecule has 24 heavy (non-hydrogen) atoms. The minimum absolute atomic E-state index is 0. The molecule has 0 bridgehead atoms. The van der Waals surface area contributed by atoms with Crippen molar-refractivity contribution in [3.8, 4) is 0 Å². The number of hydrogen-bond donors (Lipinski definition) is 3. The zero-order chi connectivity index (χ0) is 17.7. The molecule has 1 aromatic carbocycles. The van der Waals surface area contributed by atoms with Crippen LogP contribution in [-0.4, -0.2) is 35.8 Å². The second kappa shape index (κ2) is 9.22. The number of amides is 1. The minimum atomic E-state index is -4.52. The van der Waals surface area contributed by atoms with Crippen molar-refractivity contribution in [2.24, 2.45) is 0 Å². The summed E-state index contributed by atoms with van der Waals surface area (Å²) in [6, 6.07) is 3.99. The van der Waals surface area contributed by atoms with Gasteiger partial charge in [-0.05, 0) is 39.0 Å². The van der Waals surface area contributed by atoms with E-state index in [1.54, 1.807) is 0 Å². The fourth-order valence-corrected chi connectivity index (χ4v) is 1.58. The lowest BCUT2D eigenvalue weighted by molar-refractivity contribution is -0.137. The lowest BCUT2D eigenvalue weighted by Crippen LogP contribution is -2.43. The SMILES string of the molecule is CC(C)(C)NCC(O)CONC(=O)c1cccc(C(F)(F)F)c1.Cl. The summed E-state index contributed by atoms with van der Waals surface area (Å²) < 4.78 is 37.7. The van der Waals surface area contributed by atoms with Gasteiger partial charge in [0.15, 0.2) is 0 Å². The maximum atomic E-state index is 12.6. The Balaban J connectivity index is 0.00000529. The van der Waals surface area contributed by atoms with Gasteiger partial charge in [0.2, 0.25) is 0 Å². The van der Waals surface area contributed by atoms with Crippen molar-refractivity contribution in [2.45, 2.75) is 38.6 Å². The number of aliphatic hydroxyl groups excluding tert-OH is 1. The average Bonchev–Trinajstić information content (AvgIpc) is 2.43. The van der Waals surface area contributed by atoms with Crippen LogP contribution in [0.1, 0.15) is 36.7 Å². The van der Waals surface area contributed by atoms with Crippen molar-refractivity contribution in [2.75, 3.05) is 13.2 Å². The molecular weight excluding hydrogens is 349 g/mol. The second-order valence-electron chi connectivity index (χ2n) is 6.11. The van der Waals surface area contributed by atoms with Crippen molar-refractivity contribution in [1.82, 2.24) is 10.8 Å². The van der Waals surface area contributed by atoms with Gasteiger partial charge in [0.1, 0.15) is 6.61 Å². The Bertz CT molecular complexity index is 533. The van der Waals surface area contributed by atoms with E-state index in [1.165, 1.54) is 6.07 Å². The number of carbonyl (C=O) groups is 1. The molecular formula is C15H22ClF3N2O3. The molecule has 3 N–H and O–H groups in total. The number of nitrogens with one attached hydrogen (secondary N) is 2. The predicted octanol–water partition coefficient (Wildman–Crippen LogP) is 2.54. The predicted molar refractivity (Wildman–Crippen MR) is 85.9 cm³/mol. The number of rotatable bonds is 6. The van der Waals surface area contributed by atoms with Crippen LogP contribution < -0.4 is 10.8 Å². The van der Waals surface area contributed by atoms with Gasteiger partial charge < -0.3 is 10.4 Å². The molecule has 0 saturated heterocycles. The van der Waals surface area contributed by atoms with E-state index >= 15 is 0 Å². The van der Waals surface area contributed by atoms with Gasteiger partial charge in [-0.2, -0.15) is 13.2 Å². The van der Waals surface area contributed by atoms with Crippen LogP contribution in [0.5, 0.6) is 0 Å². The van der Waals surface area contributed by atoms with Crippen LogP contribution in [0, 0.1) is 0 Å². The summed E-state index contributed by atoms with van der Waals surface area (Å²) in [5.74, 6) is -0.813. The van der Waals surface area contributed by atoms with E-state index in [4.69, 9.17) is 4.84 Å². The summed E-state index contributed by atoms with van der Waals surface area (Å²) >= 11 is 0. The molecule has 0 radical (unpaired) electrons. The highest BCUT2D eigenvalue weighted by molar-refractivity contribution is 5.93. The topological polar surface area (TPSA) is 70.6 Å². The molecule has 9 heteroatoms. The van der Waals surface area contributed by atoms with E-state index in [0.29, 0.717) is 0 Å². The van der Waals surface area contributed by atoms with Crippen LogP contribution >= 0.6 is 12.4 Å². The Labute approximate surface area is 144 Å². The molecule has 1 atom stereocenters. The largest absolute Gasteiger partial charge is 0.416 e. The van der Waals surface area contributed by atoms with Crippen LogP contribution in [0.4, 0.5) is 13.2 Å². The van der Waals surface area contributed by atoms with Crippen LogP contribution in [-0.2, 0) is 11.0 Å². The summed E-state index contributed by atoms with van der Waals surface area (Å²) in [6.45, 7) is 5.85. The van der Waals surface area contributed by atoms with Gasteiger partial charge in [-0.3, -0.25) is 9.63 Å². The molecule has 138 valence electrons. The Kier molecular flexibility index (Phi) is 8.70. The molecule has 0 spiro atoms. The number of hydrogen-bond acceptors (Lipinski definition) is 4. The first-order valence-electron chi connectivity index (χ1n) is 7.01. The lowest BCUT2D eigenvalue weighted by atomic mass is 10.1. The van der Waals surface area contributed by atoms with Crippen molar-refractivity contribution in [3.63, 3.8) is 0 Å². The molecule has 1 amide bonds. The van der Waals surface area contributed by atoms with Gasteiger partial charge in [0.05, 0.1) is 11.7 Å². The van der Waals surface area contributed by atoms with Gasteiger partial charge in [-0.1, -0.05) is 6.07 Å². The van der Waals surface area contributed by atoms with Gasteiger partial charge >= 0.3 is 6.18 Å². The number of carbonyl (C=O) groups excluding carboxylic acids is 1. The van der Waals surface area contributed by atoms with Crippen molar-refractivity contribution < 1.29 is 27.9 Å². The number of halogens is 4. The molecule has 1 unspecified atom stereocenters. The molecule has 0 aliphatic rings. The monoisotopic (exact) mass is 370 g/mol. The Morgan fingerprint density at radius 1 is 1.29 bits per heavy atom. The van der Waals surface area contributed by atoms with E-state index in [2.05, 4.69) is 5.32 Å². The first-order valence-corrected chi connectivity index (χ1v) is 7.01. The fourth-order valence-electron chi connectivity index (χ4n) is 1.58. The highest BCUT2D eigenvalue weighted by atomic mass is 35.5. The summed E-state index contributed by atoms with van der Waals surface area (Å²) in [7, 11) is 0. The molecule has 5 nitrogen and oxygen atoms in total. The summed E-state index contributed by atoms with van der Waals surface area (Å²) in [6.07, 6.45) is -5.39. The Hall–Kier alpha value is -1.35. The number of benzene rings is 1. The number of hydroxylamine groups is 1. The van der Waals surface area contributed by atoms with Gasteiger partial charge in [0.25, 0.3) is 5.91 Å². The average molecular weight is 371 g/mol. The van der Waals surface area contributed by atoms with Crippen LogP contribution in [0.3, 0.4) is 0 Å². The first-order chi connectivity index (χ1) is 10.5. The quantitative estimate of drug-likeness (QED) is 0.673. The number of alkyl halides is 3. The van der Waals surface area contributed by atoms with Gasteiger partial charge in [-0.25, -0.2) is 5.48 Å². The Morgan fingerprint density at radius 3 is 2.46 bits per heavy atom. The van der Waals surface area contributed by atoms with Crippen molar-refractivity contribution in [3.05, 3.63) is 35.4 Å². The molecule has 1 rings (SSSR count). The summed E-state index contributed by atoms with van der Waals surface area (Å²) in [5, 5.41) is 12.7. The van der Waals surface area contributed by atoms with E-state index < -0.39 is 23.8 Å². The third-order valence-corrected chi connectivity index (χ3v) is 2.76. The zero-order valence-electron chi connectivity index (χ0n) is 13.6. The third-order valence-electron chi connectivity index (χ3n) is 2.76. The molecule has 1 aromatic rings. The summed E-state index contributed by atoms with van der Waals surface area (Å²) in [4.78, 5) is 16.6. The highest BCUT2D eigenvalue weighted by Crippen LogP contribution is 2.29. The van der Waals surface area contributed by atoms with Crippen LogP contribution in [0.25, 0.3) is 0 Å². The first kappa shape index (κ1) is 22.6. The van der Waals surface area contributed by atoms with Crippen molar-refractivity contribution >= 4 is 18.3 Å². The maximum absolute atomic E-state index is 12.6. The fraction of sp³-hybridized carbons (Fsp3) is 0.533. The molecule has 0 aliphatic heterocycles. The highest BCUT2D eigenvalue weighted by Gasteiger charge is 2.30. The molecule has 0 aliphatic carbocycles. The molecule has 0 aromatic heterocycles. The van der Waals surface area contributed by atoms with E-state index in [1.807, 2.05) is 26.3 Å². The number of β-amino-alcohol motifs (C(OH)–C–C–N with tert-alkyl or cyclic N) is 1. The second-order valence-corrected chi connectivity index (χ2v) is 6.11. The normalized spacial score (nSPS) is 13.1. The smallest absolute Gasteiger partial charge is 0.389 e. The lowest BCUT2D eigenvalue weighted by Gasteiger charge is -2.22. The zero-order valence-corrected chi connectivity index (χ0v) is 14.4. The third kappa shape index (κ3) is 8.49. The van der Waals surface area contributed by atoms with Crippen molar-refractivity contribution in [1.29, 1.82) is 0 Å². The minimum Gasteiger partial charge on any atom is -0.389 e. The molecule has 0 heterocycles. The van der Waals surface area contributed by atoms with E-state index in [9.17, 15) is 23.1 Å². The molecule has 0 saturated carbocycles. The molecule has 0 fully saturated rings. The Morgan fingerprint density at radius 2 is 1.92 bits per heavy atom. The van der Waals surface area contributed by atoms with E-state index in [-0.39, 0.29) is 36.7 Å². The standard InChI is InChI=1S/C15H21F3N2O3.ClH/c1-14(2,3)19-8-12(21)9-23-20-13(22)10-5-4-6-11(7-10)15(16,17)18;/h4-7,12,19,21H,8-9H2,1-3H3,(H,20,22);1H. The number of aliphatic hydroxyl groups is 1. The van der Waals surface area contributed by atoms with Crippen LogP contribution in [0.15, 0.2) is 24.3 Å².